The van der Waals surface area contributed by atoms with Crippen molar-refractivity contribution in [3.63, 3.8) is 0 Å². The molecule has 7 nitrogen and oxygen atoms in total. The number of hydrogen-bond donors (Lipinski definition) is 2. The van der Waals surface area contributed by atoms with Gasteiger partial charge in [-0.2, -0.15) is 0 Å². The van der Waals surface area contributed by atoms with E-state index in [1.165, 1.54) is 18.9 Å². The van der Waals surface area contributed by atoms with E-state index in [0.29, 0.717) is 34.3 Å². The molecule has 2 N–H and O–H groups in total. The van der Waals surface area contributed by atoms with E-state index in [2.05, 4.69) is 15.6 Å². The molecule has 0 saturated heterocycles. The zero-order chi connectivity index (χ0) is 21.3. The van der Waals surface area contributed by atoms with Gasteiger partial charge >= 0.3 is 0 Å². The van der Waals surface area contributed by atoms with Crippen molar-refractivity contribution in [2.45, 2.75) is 11.6 Å². The molecule has 30 heavy (non-hydrogen) atoms. The predicted molar refractivity (Wildman–Crippen MR) is 119 cm³/mol. The molecule has 2 amide bonds. The van der Waals surface area contributed by atoms with Gasteiger partial charge in [0.05, 0.1) is 37.8 Å². The van der Waals surface area contributed by atoms with Crippen molar-refractivity contribution >= 4 is 40.6 Å². The van der Waals surface area contributed by atoms with Crippen molar-refractivity contribution in [3.05, 3.63) is 64.5 Å². The first-order valence-electron chi connectivity index (χ1n) is 9.01. The maximum absolute atomic E-state index is 12.6. The molecule has 0 saturated carbocycles. The van der Waals surface area contributed by atoms with Crippen molar-refractivity contribution in [1.82, 2.24) is 10.3 Å². The highest BCUT2D eigenvalue weighted by Gasteiger charge is 2.15. The first-order valence-corrected chi connectivity index (χ1v) is 10.9. The smallest absolute Gasteiger partial charge is 0.254 e. The zero-order valence-electron chi connectivity index (χ0n) is 16.5. The number of aromatic nitrogens is 1. The van der Waals surface area contributed by atoms with Gasteiger partial charge in [-0.25, -0.2) is 4.98 Å². The van der Waals surface area contributed by atoms with Crippen LogP contribution in [0.2, 0.25) is 0 Å². The van der Waals surface area contributed by atoms with Crippen molar-refractivity contribution in [1.29, 1.82) is 0 Å². The van der Waals surface area contributed by atoms with Crippen LogP contribution in [0, 0.1) is 0 Å². The predicted octanol–water partition coefficient (Wildman–Crippen LogP) is 3.82. The normalized spacial score (nSPS) is 10.3. The van der Waals surface area contributed by atoms with Gasteiger partial charge in [0.1, 0.15) is 16.5 Å². The van der Waals surface area contributed by atoms with Gasteiger partial charge in [-0.15, -0.1) is 11.3 Å². The quantitative estimate of drug-likeness (QED) is 0.489. The molecule has 0 spiro atoms. The second-order valence-electron chi connectivity index (χ2n) is 6.02. The molecule has 0 bridgehead atoms. The van der Waals surface area contributed by atoms with E-state index < -0.39 is 0 Å². The summed E-state index contributed by atoms with van der Waals surface area (Å²) in [5, 5.41) is 8.15. The van der Waals surface area contributed by atoms with Crippen LogP contribution in [0.25, 0.3) is 0 Å². The van der Waals surface area contributed by atoms with E-state index in [9.17, 15) is 9.59 Å². The molecule has 0 radical (unpaired) electrons. The van der Waals surface area contributed by atoms with E-state index in [0.717, 1.165) is 4.88 Å². The number of carbonyl (C=O) groups excluding carboxylic acids is 2. The van der Waals surface area contributed by atoms with E-state index in [1.807, 2.05) is 17.5 Å². The number of nitrogens with zero attached hydrogens (tertiary/aromatic N) is 1. The lowest BCUT2D eigenvalue weighted by Crippen LogP contribution is -2.23. The molecule has 9 heteroatoms. The summed E-state index contributed by atoms with van der Waals surface area (Å²) in [7, 11) is 3.08. The van der Waals surface area contributed by atoms with Gasteiger partial charge in [-0.3, -0.25) is 9.59 Å². The number of rotatable bonds is 9. The average Bonchev–Trinajstić information content (AvgIpc) is 3.30. The van der Waals surface area contributed by atoms with Gasteiger partial charge in [0.2, 0.25) is 5.91 Å². The van der Waals surface area contributed by atoms with Gasteiger partial charge < -0.3 is 20.1 Å². The van der Waals surface area contributed by atoms with Crippen LogP contribution < -0.4 is 20.1 Å². The lowest BCUT2D eigenvalue weighted by Gasteiger charge is -2.12. The molecule has 1 aromatic carbocycles. The van der Waals surface area contributed by atoms with Crippen LogP contribution in [0.5, 0.6) is 11.5 Å². The third kappa shape index (κ3) is 5.74. The number of methoxy groups -OCH3 is 2. The van der Waals surface area contributed by atoms with Gasteiger partial charge in [0.25, 0.3) is 5.91 Å². The molecule has 0 aliphatic rings. The third-order valence-electron chi connectivity index (χ3n) is 4.04. The number of pyridine rings is 1. The number of thiophene rings is 1. The first kappa shape index (κ1) is 21.7. The Morgan fingerprint density at radius 1 is 1.13 bits per heavy atom. The number of benzene rings is 1. The van der Waals surface area contributed by atoms with Crippen molar-refractivity contribution in [2.24, 2.45) is 0 Å². The Balaban J connectivity index is 1.60. The molecular formula is C21H21N3O4S2. The molecule has 3 rings (SSSR count). The molecule has 0 unspecified atom stereocenters. The summed E-state index contributed by atoms with van der Waals surface area (Å²) in [6.07, 6.45) is 1.60. The minimum atomic E-state index is -0.237. The minimum Gasteiger partial charge on any atom is -0.497 e. The summed E-state index contributed by atoms with van der Waals surface area (Å²) in [6.45, 7) is 0.452. The number of carbonyl (C=O) groups is 2. The molecule has 0 aliphatic heterocycles. The van der Waals surface area contributed by atoms with Crippen LogP contribution in [0.15, 0.2) is 59.1 Å². The summed E-state index contributed by atoms with van der Waals surface area (Å²) >= 11 is 2.78. The number of amides is 2. The lowest BCUT2D eigenvalue weighted by atomic mass is 10.2. The highest BCUT2D eigenvalue weighted by atomic mass is 32.2. The molecule has 0 atom stereocenters. The van der Waals surface area contributed by atoms with Crippen LogP contribution in [0.1, 0.15) is 15.2 Å². The fourth-order valence-corrected chi connectivity index (χ4v) is 4.01. The zero-order valence-corrected chi connectivity index (χ0v) is 18.1. The second-order valence-corrected chi connectivity index (χ2v) is 8.02. The third-order valence-corrected chi connectivity index (χ3v) is 5.92. The minimum absolute atomic E-state index is 0.0946. The van der Waals surface area contributed by atoms with Crippen molar-refractivity contribution < 1.29 is 19.1 Å². The molecule has 0 aliphatic carbocycles. The molecule has 3 aromatic rings. The fourth-order valence-electron chi connectivity index (χ4n) is 2.58. The monoisotopic (exact) mass is 443 g/mol. The highest BCUT2D eigenvalue weighted by molar-refractivity contribution is 8.00. The number of hydrogen-bond acceptors (Lipinski definition) is 7. The van der Waals surface area contributed by atoms with E-state index in [-0.39, 0.29) is 17.6 Å². The van der Waals surface area contributed by atoms with Gasteiger partial charge in [0.15, 0.2) is 0 Å². The number of anilines is 1. The Morgan fingerprint density at radius 3 is 2.73 bits per heavy atom. The summed E-state index contributed by atoms with van der Waals surface area (Å²) in [5.41, 5.74) is 0.979. The van der Waals surface area contributed by atoms with Crippen LogP contribution in [0.4, 0.5) is 5.69 Å². The van der Waals surface area contributed by atoms with Gasteiger partial charge in [-0.1, -0.05) is 17.8 Å². The summed E-state index contributed by atoms with van der Waals surface area (Å²) in [5.74, 6) is 0.762. The summed E-state index contributed by atoms with van der Waals surface area (Å²) < 4.78 is 10.5. The van der Waals surface area contributed by atoms with Gasteiger partial charge in [-0.05, 0) is 35.7 Å². The Morgan fingerprint density at radius 2 is 2.00 bits per heavy atom. The molecule has 0 fully saturated rings. The number of thioether (sulfide) groups is 1. The van der Waals surface area contributed by atoms with Gasteiger partial charge in [0, 0.05) is 17.1 Å². The Hall–Kier alpha value is -3.04. The fraction of sp³-hybridized carbons (Fsp3) is 0.190. The Kier molecular flexibility index (Phi) is 7.69. The molecule has 156 valence electrons. The Bertz CT molecular complexity index is 1010. The summed E-state index contributed by atoms with van der Waals surface area (Å²) in [6, 6.07) is 12.4. The second kappa shape index (κ2) is 10.7. The van der Waals surface area contributed by atoms with Crippen LogP contribution >= 0.6 is 23.1 Å². The SMILES string of the molecule is COc1ccc(NC(=O)CSc2ncccc2C(=O)NCc2cccs2)c(OC)c1. The van der Waals surface area contributed by atoms with Crippen molar-refractivity contribution in [3.8, 4) is 11.5 Å². The number of ether oxygens (including phenoxy) is 2. The first-order chi connectivity index (χ1) is 14.6. The highest BCUT2D eigenvalue weighted by Crippen LogP contribution is 2.29. The standard InChI is InChI=1S/C21H21N3O4S2/c1-27-14-7-8-17(18(11-14)28-2)24-19(25)13-30-21-16(6-3-9-22-21)20(26)23-12-15-5-4-10-29-15/h3-11H,12-13H2,1-2H3,(H,23,26)(H,24,25). The van der Waals surface area contributed by atoms with Crippen LogP contribution in [-0.4, -0.2) is 36.8 Å². The number of nitrogens with one attached hydrogen (secondary N) is 2. The maximum Gasteiger partial charge on any atom is 0.254 e. The van der Waals surface area contributed by atoms with Crippen LogP contribution in [0.3, 0.4) is 0 Å². The van der Waals surface area contributed by atoms with Crippen molar-refractivity contribution in [2.75, 3.05) is 25.3 Å². The molecular weight excluding hydrogens is 422 g/mol. The maximum atomic E-state index is 12.6. The molecule has 2 aromatic heterocycles. The average molecular weight is 444 g/mol. The lowest BCUT2D eigenvalue weighted by molar-refractivity contribution is -0.113. The topological polar surface area (TPSA) is 89.5 Å². The largest absolute Gasteiger partial charge is 0.497 e. The van der Waals surface area contributed by atoms with E-state index in [1.54, 1.807) is 55.0 Å². The van der Waals surface area contributed by atoms with E-state index in [4.69, 9.17) is 9.47 Å². The van der Waals surface area contributed by atoms with E-state index >= 15 is 0 Å². The molecule has 2 heterocycles. The Labute approximate surface area is 182 Å². The van der Waals surface area contributed by atoms with Crippen LogP contribution in [-0.2, 0) is 11.3 Å². The summed E-state index contributed by atoms with van der Waals surface area (Å²) in [4.78, 5) is 30.3.